The van der Waals surface area contributed by atoms with Gasteiger partial charge < -0.3 is 20.4 Å². The zero-order valence-corrected chi connectivity index (χ0v) is 17.7. The maximum Gasteiger partial charge on any atom is 0.323 e. The molecule has 0 bridgehead atoms. The molecule has 1 unspecified atom stereocenters. The standard InChI is InChI=1S/C22H22ClN5O4/c23-14-4-9-19(24-12-14)26-22(32)28-13-17(29)11-18(28)21(31)25-15-5-7-16(8-6-15)27-10-2-1-3-20(27)30/h1-10,12,17-18,21,25,29,31H,11,13H2,(H,24,26,32)/t17-,18-,21?/m1/s1. The monoisotopic (exact) mass is 455 g/mol. The molecular formula is C22H22ClN5O4. The first-order valence-corrected chi connectivity index (χ1v) is 10.4. The van der Waals surface area contributed by atoms with Crippen molar-refractivity contribution in [3.63, 3.8) is 0 Å². The van der Waals surface area contributed by atoms with E-state index < -0.39 is 24.4 Å². The topological polar surface area (TPSA) is 120 Å². The number of rotatable bonds is 5. The fourth-order valence-corrected chi connectivity index (χ4v) is 3.74. The van der Waals surface area contributed by atoms with E-state index >= 15 is 0 Å². The van der Waals surface area contributed by atoms with Crippen molar-refractivity contribution in [1.29, 1.82) is 0 Å². The van der Waals surface area contributed by atoms with Crippen LogP contribution in [0.25, 0.3) is 5.69 Å². The number of amides is 2. The normalized spacial score (nSPS) is 18.9. The van der Waals surface area contributed by atoms with Crippen molar-refractivity contribution in [1.82, 2.24) is 14.5 Å². The highest BCUT2D eigenvalue weighted by Gasteiger charge is 2.39. The van der Waals surface area contributed by atoms with Gasteiger partial charge in [0.05, 0.1) is 17.2 Å². The van der Waals surface area contributed by atoms with Crippen molar-refractivity contribution < 1.29 is 15.0 Å². The Morgan fingerprint density at radius 2 is 1.94 bits per heavy atom. The molecular weight excluding hydrogens is 434 g/mol. The van der Waals surface area contributed by atoms with Crippen LogP contribution in [-0.2, 0) is 0 Å². The van der Waals surface area contributed by atoms with Crippen LogP contribution in [0.4, 0.5) is 16.3 Å². The lowest BCUT2D eigenvalue weighted by molar-refractivity contribution is 0.109. The molecule has 0 aliphatic carbocycles. The predicted molar refractivity (Wildman–Crippen MR) is 121 cm³/mol. The van der Waals surface area contributed by atoms with Gasteiger partial charge >= 0.3 is 6.03 Å². The first-order valence-electron chi connectivity index (χ1n) is 10.0. The Bertz CT molecular complexity index is 1140. The Labute approximate surface area is 188 Å². The number of carbonyl (C=O) groups is 1. The summed E-state index contributed by atoms with van der Waals surface area (Å²) in [6.45, 7) is 0.0820. The Morgan fingerprint density at radius 3 is 2.62 bits per heavy atom. The highest BCUT2D eigenvalue weighted by atomic mass is 35.5. The van der Waals surface area contributed by atoms with Gasteiger partial charge in [-0.3, -0.25) is 14.7 Å². The molecule has 1 fully saturated rings. The Kier molecular flexibility index (Phi) is 6.40. The quantitative estimate of drug-likeness (QED) is 0.438. The van der Waals surface area contributed by atoms with Crippen LogP contribution in [0.1, 0.15) is 6.42 Å². The van der Waals surface area contributed by atoms with E-state index in [9.17, 15) is 19.8 Å². The minimum atomic E-state index is -1.12. The van der Waals surface area contributed by atoms with E-state index in [1.165, 1.54) is 21.7 Å². The van der Waals surface area contributed by atoms with E-state index in [-0.39, 0.29) is 18.5 Å². The Balaban J connectivity index is 1.43. The molecule has 10 heteroatoms. The molecule has 0 spiro atoms. The summed E-state index contributed by atoms with van der Waals surface area (Å²) >= 11 is 5.81. The minimum Gasteiger partial charge on any atom is -0.391 e. The van der Waals surface area contributed by atoms with Gasteiger partial charge in [-0.2, -0.15) is 0 Å². The predicted octanol–water partition coefficient (Wildman–Crippen LogP) is 2.28. The largest absolute Gasteiger partial charge is 0.391 e. The van der Waals surface area contributed by atoms with Crippen LogP contribution in [0, 0.1) is 0 Å². The van der Waals surface area contributed by atoms with Crippen molar-refractivity contribution in [3.8, 4) is 5.69 Å². The van der Waals surface area contributed by atoms with E-state index in [0.717, 1.165) is 0 Å². The molecule has 4 rings (SSSR count). The van der Waals surface area contributed by atoms with Crippen LogP contribution >= 0.6 is 11.6 Å². The number of aliphatic hydroxyl groups excluding tert-OH is 2. The lowest BCUT2D eigenvalue weighted by Crippen LogP contribution is -2.47. The molecule has 3 aromatic rings. The summed E-state index contributed by atoms with van der Waals surface area (Å²) in [5.41, 5.74) is 1.14. The molecule has 1 saturated heterocycles. The van der Waals surface area contributed by atoms with E-state index in [0.29, 0.717) is 22.2 Å². The number of aromatic nitrogens is 2. The number of aliphatic hydroxyl groups is 2. The van der Waals surface area contributed by atoms with Crippen molar-refractivity contribution in [2.24, 2.45) is 0 Å². The summed E-state index contributed by atoms with van der Waals surface area (Å²) in [6.07, 6.45) is 1.42. The molecule has 4 N–H and O–H groups in total. The molecule has 166 valence electrons. The van der Waals surface area contributed by atoms with Crippen molar-refractivity contribution in [2.75, 3.05) is 17.2 Å². The molecule has 0 saturated carbocycles. The fraction of sp³-hybridized carbons (Fsp3) is 0.227. The SMILES string of the molecule is O=C(Nc1ccc(Cl)cn1)N1C[C@H](O)C[C@@H]1C(O)Nc1ccc(-n2ccccc2=O)cc1. The summed E-state index contributed by atoms with van der Waals surface area (Å²) < 4.78 is 1.50. The number of hydrogen-bond donors (Lipinski definition) is 4. The van der Waals surface area contributed by atoms with Gasteiger partial charge in [0.25, 0.3) is 5.56 Å². The lowest BCUT2D eigenvalue weighted by atomic mass is 10.1. The average molecular weight is 456 g/mol. The molecule has 0 radical (unpaired) electrons. The summed E-state index contributed by atoms with van der Waals surface area (Å²) in [5.74, 6) is 0.314. The van der Waals surface area contributed by atoms with E-state index in [1.54, 1.807) is 54.7 Å². The Hall–Kier alpha value is -3.40. The van der Waals surface area contributed by atoms with Crippen LogP contribution in [0.5, 0.6) is 0 Å². The summed E-state index contributed by atoms with van der Waals surface area (Å²) in [5, 5.41) is 26.9. The first-order chi connectivity index (χ1) is 15.4. The molecule has 2 aromatic heterocycles. The highest BCUT2D eigenvalue weighted by molar-refractivity contribution is 6.30. The van der Waals surface area contributed by atoms with E-state index in [1.807, 2.05) is 0 Å². The number of nitrogens with zero attached hydrogens (tertiary/aromatic N) is 3. The van der Waals surface area contributed by atoms with Crippen molar-refractivity contribution >= 4 is 29.1 Å². The van der Waals surface area contributed by atoms with Crippen LogP contribution in [-0.4, -0.2) is 55.6 Å². The number of nitrogens with one attached hydrogen (secondary N) is 2. The number of carbonyl (C=O) groups excluding carboxylic acids is 1. The van der Waals surface area contributed by atoms with Gasteiger partial charge in [0.2, 0.25) is 0 Å². The zero-order valence-electron chi connectivity index (χ0n) is 16.9. The lowest BCUT2D eigenvalue weighted by Gasteiger charge is -2.29. The second kappa shape index (κ2) is 9.39. The van der Waals surface area contributed by atoms with Gasteiger partial charge in [0.15, 0.2) is 0 Å². The van der Waals surface area contributed by atoms with Gasteiger partial charge in [-0.05, 0) is 48.9 Å². The number of benzene rings is 1. The smallest absolute Gasteiger partial charge is 0.323 e. The van der Waals surface area contributed by atoms with Crippen molar-refractivity contribution in [3.05, 3.63) is 82.4 Å². The van der Waals surface area contributed by atoms with Gasteiger partial charge in [0.1, 0.15) is 12.0 Å². The Morgan fingerprint density at radius 1 is 1.16 bits per heavy atom. The molecule has 2 amide bonds. The number of halogens is 1. The van der Waals surface area contributed by atoms with Gasteiger partial charge in [-0.1, -0.05) is 17.7 Å². The van der Waals surface area contributed by atoms with Crippen LogP contribution in [0.2, 0.25) is 5.02 Å². The zero-order chi connectivity index (χ0) is 22.7. The average Bonchev–Trinajstić information content (AvgIpc) is 3.18. The summed E-state index contributed by atoms with van der Waals surface area (Å²) in [6, 6.07) is 13.9. The van der Waals surface area contributed by atoms with Crippen molar-refractivity contribution in [2.45, 2.75) is 24.8 Å². The number of urea groups is 1. The van der Waals surface area contributed by atoms with Gasteiger partial charge in [-0.15, -0.1) is 0 Å². The third-order valence-corrected chi connectivity index (χ3v) is 5.42. The third kappa shape index (κ3) is 4.91. The molecule has 3 atom stereocenters. The molecule has 3 heterocycles. The third-order valence-electron chi connectivity index (χ3n) is 5.19. The first kappa shape index (κ1) is 21.8. The molecule has 1 aromatic carbocycles. The van der Waals surface area contributed by atoms with Crippen LogP contribution in [0.15, 0.2) is 71.8 Å². The van der Waals surface area contributed by atoms with E-state index in [4.69, 9.17) is 11.6 Å². The number of likely N-dealkylation sites (tertiary alicyclic amines) is 1. The summed E-state index contributed by atoms with van der Waals surface area (Å²) in [7, 11) is 0. The maximum atomic E-state index is 12.7. The van der Waals surface area contributed by atoms with Crippen LogP contribution < -0.4 is 16.2 Å². The van der Waals surface area contributed by atoms with Gasteiger partial charge in [0, 0.05) is 36.4 Å². The van der Waals surface area contributed by atoms with Crippen LogP contribution in [0.3, 0.4) is 0 Å². The maximum absolute atomic E-state index is 12.7. The second-order valence-corrected chi connectivity index (χ2v) is 7.88. The number of β-amino-alcohol motifs (C(OH)–C–C–N with tert-alkyl or cyclic N) is 1. The second-order valence-electron chi connectivity index (χ2n) is 7.45. The van der Waals surface area contributed by atoms with Gasteiger partial charge in [-0.25, -0.2) is 9.78 Å². The number of hydrogen-bond acceptors (Lipinski definition) is 6. The fourth-order valence-electron chi connectivity index (χ4n) is 3.63. The highest BCUT2D eigenvalue weighted by Crippen LogP contribution is 2.24. The molecule has 1 aliphatic heterocycles. The van der Waals surface area contributed by atoms with E-state index in [2.05, 4.69) is 15.6 Å². The molecule has 9 nitrogen and oxygen atoms in total. The molecule has 32 heavy (non-hydrogen) atoms. The minimum absolute atomic E-state index is 0.0820. The number of pyridine rings is 2. The molecule has 1 aliphatic rings. The number of anilines is 2. The summed E-state index contributed by atoms with van der Waals surface area (Å²) in [4.78, 5) is 30.1.